The molecule has 0 saturated heterocycles. The van der Waals surface area contributed by atoms with Crippen molar-refractivity contribution in [2.75, 3.05) is 7.05 Å². The second kappa shape index (κ2) is 7.56. The third-order valence-electron chi connectivity index (χ3n) is 3.18. The molecule has 0 aromatic heterocycles. The number of nitrogens with zero attached hydrogens (tertiary/aromatic N) is 2. The predicted molar refractivity (Wildman–Crippen MR) is 90.1 cm³/mol. The Morgan fingerprint density at radius 3 is 2.70 bits per heavy atom. The SMILES string of the molecule is CN(Cc1cccc(Cl)c1)C(=O)/C=C/c1cccc([N+](=O)[O-])c1. The third kappa shape index (κ3) is 4.93. The number of amides is 1. The van der Waals surface area contributed by atoms with Crippen LogP contribution in [0.1, 0.15) is 11.1 Å². The summed E-state index contributed by atoms with van der Waals surface area (Å²) < 4.78 is 0. The first-order valence-corrected chi connectivity index (χ1v) is 7.25. The van der Waals surface area contributed by atoms with Gasteiger partial charge < -0.3 is 4.90 Å². The maximum atomic E-state index is 12.1. The number of nitro benzene ring substituents is 1. The van der Waals surface area contributed by atoms with Crippen LogP contribution in [0.25, 0.3) is 6.08 Å². The van der Waals surface area contributed by atoms with E-state index in [0.29, 0.717) is 17.1 Å². The second-order valence-electron chi connectivity index (χ2n) is 5.01. The van der Waals surface area contributed by atoms with Crippen molar-refractivity contribution < 1.29 is 9.72 Å². The van der Waals surface area contributed by atoms with E-state index in [1.807, 2.05) is 12.1 Å². The Labute approximate surface area is 139 Å². The molecule has 5 nitrogen and oxygen atoms in total. The molecule has 0 unspecified atom stereocenters. The Balaban J connectivity index is 2.03. The smallest absolute Gasteiger partial charge is 0.270 e. The highest BCUT2D eigenvalue weighted by Gasteiger charge is 2.07. The van der Waals surface area contributed by atoms with Crippen LogP contribution in [0.4, 0.5) is 5.69 Å². The first-order chi connectivity index (χ1) is 11.0. The largest absolute Gasteiger partial charge is 0.338 e. The fraction of sp³-hybridized carbons (Fsp3) is 0.118. The van der Waals surface area contributed by atoms with Gasteiger partial charge in [0.25, 0.3) is 5.69 Å². The molecule has 2 aromatic rings. The van der Waals surface area contributed by atoms with Gasteiger partial charge in [0.2, 0.25) is 5.91 Å². The molecule has 0 spiro atoms. The van der Waals surface area contributed by atoms with Gasteiger partial charge in [-0.05, 0) is 29.3 Å². The van der Waals surface area contributed by atoms with E-state index in [1.54, 1.807) is 42.3 Å². The molecular weight excluding hydrogens is 316 g/mol. The Bertz CT molecular complexity index is 759. The number of benzene rings is 2. The zero-order valence-corrected chi connectivity index (χ0v) is 13.2. The van der Waals surface area contributed by atoms with Crippen LogP contribution < -0.4 is 0 Å². The van der Waals surface area contributed by atoms with Gasteiger partial charge in [0.05, 0.1) is 4.92 Å². The van der Waals surface area contributed by atoms with Gasteiger partial charge in [-0.25, -0.2) is 0 Å². The van der Waals surface area contributed by atoms with Crippen molar-refractivity contribution in [3.63, 3.8) is 0 Å². The van der Waals surface area contributed by atoms with Crippen LogP contribution in [-0.4, -0.2) is 22.8 Å². The third-order valence-corrected chi connectivity index (χ3v) is 3.42. The van der Waals surface area contributed by atoms with Crippen LogP contribution in [0.2, 0.25) is 5.02 Å². The molecule has 118 valence electrons. The number of halogens is 1. The van der Waals surface area contributed by atoms with E-state index in [2.05, 4.69) is 0 Å². The maximum Gasteiger partial charge on any atom is 0.270 e. The van der Waals surface area contributed by atoms with E-state index < -0.39 is 4.92 Å². The molecule has 0 heterocycles. The van der Waals surface area contributed by atoms with E-state index in [1.165, 1.54) is 18.2 Å². The van der Waals surface area contributed by atoms with Crippen molar-refractivity contribution in [3.05, 3.63) is 80.9 Å². The summed E-state index contributed by atoms with van der Waals surface area (Å²) in [5, 5.41) is 11.3. The summed E-state index contributed by atoms with van der Waals surface area (Å²) in [4.78, 5) is 23.9. The number of rotatable bonds is 5. The molecule has 2 rings (SSSR count). The molecule has 0 saturated carbocycles. The highest BCUT2D eigenvalue weighted by molar-refractivity contribution is 6.30. The number of non-ortho nitro benzene ring substituents is 1. The molecule has 0 radical (unpaired) electrons. The van der Waals surface area contributed by atoms with Gasteiger partial charge in [0.15, 0.2) is 0 Å². The first kappa shape index (κ1) is 16.7. The van der Waals surface area contributed by atoms with Gasteiger partial charge in [0, 0.05) is 36.8 Å². The summed E-state index contributed by atoms with van der Waals surface area (Å²) in [6.07, 6.45) is 2.95. The highest BCUT2D eigenvalue weighted by Crippen LogP contribution is 2.15. The zero-order chi connectivity index (χ0) is 16.8. The molecule has 0 N–H and O–H groups in total. The van der Waals surface area contributed by atoms with E-state index in [4.69, 9.17) is 11.6 Å². The number of nitro groups is 1. The lowest BCUT2D eigenvalue weighted by Crippen LogP contribution is -2.24. The molecule has 0 aliphatic carbocycles. The van der Waals surface area contributed by atoms with Gasteiger partial charge in [-0.3, -0.25) is 14.9 Å². The van der Waals surface area contributed by atoms with Crippen LogP contribution >= 0.6 is 11.6 Å². The van der Waals surface area contributed by atoms with Crippen LogP contribution in [0.3, 0.4) is 0 Å². The Hall–Kier alpha value is -2.66. The lowest BCUT2D eigenvalue weighted by atomic mass is 10.2. The minimum absolute atomic E-state index is 0.00752. The molecule has 23 heavy (non-hydrogen) atoms. The van der Waals surface area contributed by atoms with Gasteiger partial charge >= 0.3 is 0 Å². The minimum Gasteiger partial charge on any atom is -0.338 e. The van der Waals surface area contributed by atoms with Gasteiger partial charge in [-0.1, -0.05) is 35.9 Å². The number of hydrogen-bond donors (Lipinski definition) is 0. The van der Waals surface area contributed by atoms with Crippen molar-refractivity contribution in [2.45, 2.75) is 6.54 Å². The fourth-order valence-corrected chi connectivity index (χ4v) is 2.24. The van der Waals surface area contributed by atoms with Crippen molar-refractivity contribution in [3.8, 4) is 0 Å². The van der Waals surface area contributed by atoms with Crippen molar-refractivity contribution in [1.29, 1.82) is 0 Å². The summed E-state index contributed by atoms with van der Waals surface area (Å²) in [5.74, 6) is -0.198. The Morgan fingerprint density at radius 2 is 2.00 bits per heavy atom. The number of hydrogen-bond acceptors (Lipinski definition) is 3. The maximum absolute atomic E-state index is 12.1. The van der Waals surface area contributed by atoms with Gasteiger partial charge in [0.1, 0.15) is 0 Å². The first-order valence-electron chi connectivity index (χ1n) is 6.88. The number of carbonyl (C=O) groups excluding carboxylic acids is 1. The monoisotopic (exact) mass is 330 g/mol. The predicted octanol–water partition coefficient (Wildman–Crippen LogP) is 3.92. The Kier molecular flexibility index (Phi) is 5.49. The molecular formula is C17H15ClN2O3. The zero-order valence-electron chi connectivity index (χ0n) is 12.5. The van der Waals surface area contributed by atoms with Crippen molar-refractivity contribution in [2.24, 2.45) is 0 Å². The number of likely N-dealkylation sites (N-methyl/N-ethyl adjacent to an activating group) is 1. The molecule has 1 amide bonds. The van der Waals surface area contributed by atoms with Gasteiger partial charge in [-0.15, -0.1) is 0 Å². The summed E-state index contributed by atoms with van der Waals surface area (Å²) in [7, 11) is 1.68. The Morgan fingerprint density at radius 1 is 1.26 bits per heavy atom. The van der Waals surface area contributed by atoms with Crippen molar-refractivity contribution in [1.82, 2.24) is 4.90 Å². The lowest BCUT2D eigenvalue weighted by molar-refractivity contribution is -0.384. The molecule has 0 fully saturated rings. The van der Waals surface area contributed by atoms with Crippen LogP contribution in [-0.2, 0) is 11.3 Å². The van der Waals surface area contributed by atoms with E-state index in [9.17, 15) is 14.9 Å². The van der Waals surface area contributed by atoms with Crippen LogP contribution in [0.15, 0.2) is 54.6 Å². The molecule has 0 bridgehead atoms. The highest BCUT2D eigenvalue weighted by atomic mass is 35.5. The standard InChI is InChI=1S/C17H15ClN2O3/c1-19(12-14-5-2-6-15(18)10-14)17(21)9-8-13-4-3-7-16(11-13)20(22)23/h2-11H,12H2,1H3/b9-8+. The summed E-state index contributed by atoms with van der Waals surface area (Å²) in [6.45, 7) is 0.429. The van der Waals surface area contributed by atoms with Gasteiger partial charge in [-0.2, -0.15) is 0 Å². The quantitative estimate of drug-likeness (QED) is 0.474. The minimum atomic E-state index is -0.468. The lowest BCUT2D eigenvalue weighted by Gasteiger charge is -2.15. The summed E-state index contributed by atoms with van der Waals surface area (Å²) in [6, 6.07) is 13.4. The summed E-state index contributed by atoms with van der Waals surface area (Å²) in [5.41, 5.74) is 1.52. The molecule has 6 heteroatoms. The topological polar surface area (TPSA) is 63.5 Å². The number of carbonyl (C=O) groups is 1. The second-order valence-corrected chi connectivity index (χ2v) is 5.45. The van der Waals surface area contributed by atoms with E-state index >= 15 is 0 Å². The van der Waals surface area contributed by atoms with E-state index in [0.717, 1.165) is 5.56 Å². The normalized spacial score (nSPS) is 10.7. The molecule has 2 aromatic carbocycles. The molecule has 0 aliphatic rings. The average molecular weight is 331 g/mol. The van der Waals surface area contributed by atoms with Crippen molar-refractivity contribution >= 4 is 29.3 Å². The molecule has 0 aliphatic heterocycles. The van der Waals surface area contributed by atoms with Crippen LogP contribution in [0, 0.1) is 10.1 Å². The fourth-order valence-electron chi connectivity index (χ4n) is 2.02. The molecule has 0 atom stereocenters. The van der Waals surface area contributed by atoms with E-state index in [-0.39, 0.29) is 11.6 Å². The summed E-state index contributed by atoms with van der Waals surface area (Å²) >= 11 is 5.92. The average Bonchev–Trinajstić information content (AvgIpc) is 2.52. The van der Waals surface area contributed by atoms with Crippen LogP contribution in [0.5, 0.6) is 0 Å².